The van der Waals surface area contributed by atoms with Crippen LogP contribution in [0.3, 0.4) is 0 Å². The molecule has 0 saturated heterocycles. The van der Waals surface area contributed by atoms with Crippen LogP contribution in [0.2, 0.25) is 0 Å². The SMILES string of the molecule is COc1ccc(F)cc1-c1[nH]cnc1C#N. The normalized spacial score (nSPS) is 9.81. The van der Waals surface area contributed by atoms with Crippen molar-refractivity contribution in [2.24, 2.45) is 0 Å². The van der Waals surface area contributed by atoms with Crippen LogP contribution in [-0.2, 0) is 0 Å². The van der Waals surface area contributed by atoms with Crippen molar-refractivity contribution in [1.29, 1.82) is 5.26 Å². The van der Waals surface area contributed by atoms with Gasteiger partial charge in [0.15, 0.2) is 5.69 Å². The second kappa shape index (κ2) is 4.03. The number of ether oxygens (including phenoxy) is 1. The van der Waals surface area contributed by atoms with E-state index in [9.17, 15) is 4.39 Å². The Hall–Kier alpha value is -2.35. The predicted octanol–water partition coefficient (Wildman–Crippen LogP) is 2.10. The van der Waals surface area contributed by atoms with Crippen molar-refractivity contribution in [1.82, 2.24) is 9.97 Å². The first-order valence-electron chi connectivity index (χ1n) is 4.53. The molecule has 0 saturated carbocycles. The Labute approximate surface area is 91.3 Å². The number of benzene rings is 1. The molecule has 0 aliphatic carbocycles. The molecule has 2 aromatic rings. The lowest BCUT2D eigenvalue weighted by Gasteiger charge is -2.06. The highest BCUT2D eigenvalue weighted by Gasteiger charge is 2.13. The Morgan fingerprint density at radius 3 is 3.00 bits per heavy atom. The average Bonchev–Trinajstić information content (AvgIpc) is 2.76. The van der Waals surface area contributed by atoms with E-state index in [1.54, 1.807) is 0 Å². The topological polar surface area (TPSA) is 61.7 Å². The number of hydrogen-bond donors (Lipinski definition) is 1. The summed E-state index contributed by atoms with van der Waals surface area (Å²) in [5.41, 5.74) is 1.15. The largest absolute Gasteiger partial charge is 0.496 e. The fourth-order valence-corrected chi connectivity index (χ4v) is 1.46. The first kappa shape index (κ1) is 10.2. The number of nitriles is 1. The molecule has 0 amide bonds. The second-order valence-corrected chi connectivity index (χ2v) is 3.08. The molecule has 5 heteroatoms. The van der Waals surface area contributed by atoms with E-state index in [1.165, 1.54) is 31.6 Å². The number of H-pyrrole nitrogens is 1. The van der Waals surface area contributed by atoms with Gasteiger partial charge in [-0.25, -0.2) is 9.37 Å². The van der Waals surface area contributed by atoms with Crippen molar-refractivity contribution in [3.8, 4) is 23.1 Å². The van der Waals surface area contributed by atoms with Gasteiger partial charge in [-0.2, -0.15) is 5.26 Å². The molecule has 0 spiro atoms. The highest BCUT2D eigenvalue weighted by molar-refractivity contribution is 5.71. The number of rotatable bonds is 2. The third kappa shape index (κ3) is 1.61. The smallest absolute Gasteiger partial charge is 0.166 e. The summed E-state index contributed by atoms with van der Waals surface area (Å²) in [6, 6.07) is 6.03. The Bertz CT molecular complexity index is 557. The van der Waals surface area contributed by atoms with Crippen LogP contribution in [0.4, 0.5) is 4.39 Å². The summed E-state index contributed by atoms with van der Waals surface area (Å²) < 4.78 is 18.2. The van der Waals surface area contributed by atoms with Crippen LogP contribution in [0, 0.1) is 17.1 Å². The van der Waals surface area contributed by atoms with E-state index in [0.717, 1.165) is 0 Å². The van der Waals surface area contributed by atoms with Crippen LogP contribution in [-0.4, -0.2) is 17.1 Å². The van der Waals surface area contributed by atoms with E-state index < -0.39 is 5.82 Å². The zero-order chi connectivity index (χ0) is 11.5. The number of methoxy groups -OCH3 is 1. The lowest BCUT2D eigenvalue weighted by Crippen LogP contribution is -1.91. The number of nitrogens with zero attached hydrogens (tertiary/aromatic N) is 2. The minimum atomic E-state index is -0.394. The van der Waals surface area contributed by atoms with Gasteiger partial charge in [-0.05, 0) is 18.2 Å². The van der Waals surface area contributed by atoms with Gasteiger partial charge in [-0.3, -0.25) is 0 Å². The summed E-state index contributed by atoms with van der Waals surface area (Å²) in [6.45, 7) is 0. The van der Waals surface area contributed by atoms with E-state index >= 15 is 0 Å². The number of halogens is 1. The second-order valence-electron chi connectivity index (χ2n) is 3.08. The maximum atomic E-state index is 13.1. The third-order valence-corrected chi connectivity index (χ3v) is 2.18. The zero-order valence-electron chi connectivity index (χ0n) is 8.49. The Kier molecular flexibility index (Phi) is 2.56. The standard InChI is InChI=1S/C11H8FN3O/c1-16-10-3-2-7(12)4-8(10)11-9(5-13)14-6-15-11/h2-4,6H,1H3,(H,14,15). The summed E-state index contributed by atoms with van der Waals surface area (Å²) in [5, 5.41) is 8.83. The summed E-state index contributed by atoms with van der Waals surface area (Å²) >= 11 is 0. The summed E-state index contributed by atoms with van der Waals surface area (Å²) in [5.74, 6) is 0.0939. The number of aromatic nitrogens is 2. The molecule has 0 unspecified atom stereocenters. The molecular weight excluding hydrogens is 209 g/mol. The van der Waals surface area contributed by atoms with Crippen molar-refractivity contribution in [3.05, 3.63) is 36.0 Å². The molecule has 1 heterocycles. The van der Waals surface area contributed by atoms with E-state index in [4.69, 9.17) is 10.00 Å². The van der Waals surface area contributed by atoms with Gasteiger partial charge in [0.2, 0.25) is 0 Å². The van der Waals surface area contributed by atoms with E-state index in [2.05, 4.69) is 9.97 Å². The highest BCUT2D eigenvalue weighted by Crippen LogP contribution is 2.30. The van der Waals surface area contributed by atoms with Crippen molar-refractivity contribution in [2.75, 3.05) is 7.11 Å². The van der Waals surface area contributed by atoms with Crippen molar-refractivity contribution < 1.29 is 9.13 Å². The molecule has 4 nitrogen and oxygen atoms in total. The van der Waals surface area contributed by atoms with Crippen LogP contribution in [0.5, 0.6) is 5.75 Å². The molecule has 0 atom stereocenters. The first-order chi connectivity index (χ1) is 7.76. The molecule has 2 rings (SSSR count). The van der Waals surface area contributed by atoms with Gasteiger partial charge in [0, 0.05) is 5.56 Å². The monoisotopic (exact) mass is 217 g/mol. The molecule has 0 radical (unpaired) electrons. The van der Waals surface area contributed by atoms with Crippen LogP contribution in [0.1, 0.15) is 5.69 Å². The fourth-order valence-electron chi connectivity index (χ4n) is 1.46. The van der Waals surface area contributed by atoms with E-state index in [-0.39, 0.29) is 5.69 Å². The van der Waals surface area contributed by atoms with E-state index in [1.807, 2.05) is 6.07 Å². The molecule has 0 fully saturated rings. The molecule has 1 aromatic heterocycles. The van der Waals surface area contributed by atoms with Crippen LogP contribution >= 0.6 is 0 Å². The molecule has 0 aliphatic heterocycles. The highest BCUT2D eigenvalue weighted by atomic mass is 19.1. The predicted molar refractivity (Wildman–Crippen MR) is 55.2 cm³/mol. The zero-order valence-corrected chi connectivity index (χ0v) is 8.49. The number of aromatic amines is 1. The number of imidazole rings is 1. The number of nitrogens with one attached hydrogen (secondary N) is 1. The van der Waals surface area contributed by atoms with Crippen molar-refractivity contribution in [3.63, 3.8) is 0 Å². The molecule has 1 N–H and O–H groups in total. The van der Waals surface area contributed by atoms with Crippen LogP contribution < -0.4 is 4.74 Å². The van der Waals surface area contributed by atoms with Crippen LogP contribution in [0.25, 0.3) is 11.3 Å². The van der Waals surface area contributed by atoms with Crippen molar-refractivity contribution in [2.45, 2.75) is 0 Å². The van der Waals surface area contributed by atoms with Gasteiger partial charge in [-0.1, -0.05) is 0 Å². The van der Waals surface area contributed by atoms with Crippen LogP contribution in [0.15, 0.2) is 24.5 Å². The van der Waals surface area contributed by atoms with Gasteiger partial charge in [0.25, 0.3) is 0 Å². The first-order valence-corrected chi connectivity index (χ1v) is 4.53. The molecule has 80 valence electrons. The fraction of sp³-hybridized carbons (Fsp3) is 0.0909. The van der Waals surface area contributed by atoms with Crippen molar-refractivity contribution >= 4 is 0 Å². The lowest BCUT2D eigenvalue weighted by molar-refractivity contribution is 0.415. The summed E-state index contributed by atoms with van der Waals surface area (Å²) in [4.78, 5) is 6.62. The van der Waals surface area contributed by atoms with Gasteiger partial charge >= 0.3 is 0 Å². The molecule has 0 bridgehead atoms. The summed E-state index contributed by atoms with van der Waals surface area (Å²) in [7, 11) is 1.49. The Morgan fingerprint density at radius 1 is 1.50 bits per heavy atom. The third-order valence-electron chi connectivity index (χ3n) is 2.18. The molecule has 1 aromatic carbocycles. The maximum absolute atomic E-state index is 13.1. The van der Waals surface area contributed by atoms with Gasteiger partial charge < -0.3 is 9.72 Å². The quantitative estimate of drug-likeness (QED) is 0.837. The lowest BCUT2D eigenvalue weighted by atomic mass is 10.1. The molecule has 0 aliphatic rings. The van der Waals surface area contributed by atoms with Gasteiger partial charge in [0.05, 0.1) is 19.1 Å². The molecular formula is C11H8FN3O. The Balaban J connectivity index is 2.63. The van der Waals surface area contributed by atoms with E-state index in [0.29, 0.717) is 17.0 Å². The Morgan fingerprint density at radius 2 is 2.31 bits per heavy atom. The minimum Gasteiger partial charge on any atom is -0.496 e. The maximum Gasteiger partial charge on any atom is 0.166 e. The molecule has 16 heavy (non-hydrogen) atoms. The average molecular weight is 217 g/mol. The summed E-state index contributed by atoms with van der Waals surface area (Å²) in [6.07, 6.45) is 1.39. The number of hydrogen-bond acceptors (Lipinski definition) is 3. The van der Waals surface area contributed by atoms with Gasteiger partial charge in [-0.15, -0.1) is 0 Å². The van der Waals surface area contributed by atoms with Gasteiger partial charge in [0.1, 0.15) is 17.6 Å². The minimum absolute atomic E-state index is 0.212.